The number of rotatable bonds is 4. The molecule has 1 radical (unpaired) electrons. The van der Waals surface area contributed by atoms with Gasteiger partial charge in [-0.15, -0.1) is 5.67 Å². The highest BCUT2D eigenvalue weighted by Gasteiger charge is 1.88. The van der Waals surface area contributed by atoms with Gasteiger partial charge in [-0.25, -0.2) is 0 Å². The summed E-state index contributed by atoms with van der Waals surface area (Å²) >= 11 is 0. The van der Waals surface area contributed by atoms with Crippen molar-refractivity contribution >= 4 is 14.8 Å². The molecular weight excluding hydrogens is 124 g/mol. The van der Waals surface area contributed by atoms with Crippen molar-refractivity contribution in [1.82, 2.24) is 0 Å². The maximum Gasteiger partial charge on any atom is -0.0119 e. The van der Waals surface area contributed by atoms with Gasteiger partial charge in [0.1, 0.15) is 0 Å². The molecule has 53 valence electrons. The van der Waals surface area contributed by atoms with Crippen molar-refractivity contribution in [2.24, 2.45) is 5.92 Å². The monoisotopic (exact) mass is 141 g/mol. The molecule has 0 aliphatic carbocycles. The predicted molar refractivity (Wildman–Crippen MR) is 47.4 cm³/mol. The Kier molecular flexibility index (Phi) is 6.27. The van der Waals surface area contributed by atoms with Gasteiger partial charge in [0.05, 0.1) is 0 Å². The zero-order valence-electron chi connectivity index (χ0n) is 6.56. The lowest BCUT2D eigenvalue weighted by atomic mass is 10.2. The first-order valence-corrected chi connectivity index (χ1v) is 5.20. The topological polar surface area (TPSA) is 0 Å². The zero-order valence-corrected chi connectivity index (χ0v) is 7.72. The van der Waals surface area contributed by atoms with Crippen molar-refractivity contribution in [1.29, 1.82) is 0 Å². The van der Waals surface area contributed by atoms with E-state index in [0.717, 1.165) is 12.3 Å². The highest BCUT2D eigenvalue weighted by atomic mass is 28.2. The van der Waals surface area contributed by atoms with Crippen molar-refractivity contribution in [3.05, 3.63) is 6.92 Å². The normalized spacial score (nSPS) is 11.6. The van der Waals surface area contributed by atoms with E-state index in [1.54, 1.807) is 0 Å². The molecule has 0 bridgehead atoms. The smallest absolute Gasteiger partial charge is 0.0119 e. The lowest BCUT2D eigenvalue weighted by molar-refractivity contribution is 0.625. The Morgan fingerprint density at radius 3 is 2.67 bits per heavy atom. The Bertz CT molecular complexity index is 74.6. The number of hydrogen-bond acceptors (Lipinski definition) is 0. The van der Waals surface area contributed by atoms with Crippen LogP contribution in [0.2, 0.25) is 6.04 Å². The van der Waals surface area contributed by atoms with Crippen LogP contribution in [0.1, 0.15) is 26.7 Å². The summed E-state index contributed by atoms with van der Waals surface area (Å²) in [5.74, 6) is 0.885. The predicted octanol–water partition coefficient (Wildman–Crippen LogP) is 1.91. The minimum atomic E-state index is 0.609. The average molecular weight is 141 g/mol. The lowest BCUT2D eigenvalue weighted by Gasteiger charge is -1.97. The van der Waals surface area contributed by atoms with Crippen LogP contribution < -0.4 is 0 Å². The van der Waals surface area contributed by atoms with Crippen LogP contribution in [0.3, 0.4) is 0 Å². The van der Waals surface area contributed by atoms with Gasteiger partial charge < -0.3 is 0 Å². The molecule has 0 aromatic rings. The van der Waals surface area contributed by atoms with Gasteiger partial charge in [-0.05, 0) is 34.4 Å². The van der Waals surface area contributed by atoms with Crippen molar-refractivity contribution in [2.75, 3.05) is 0 Å². The van der Waals surface area contributed by atoms with Crippen molar-refractivity contribution in [3.63, 3.8) is 0 Å². The number of hydrogen-bond donors (Lipinski definition) is 0. The third kappa shape index (κ3) is 8.09. The van der Waals surface area contributed by atoms with Crippen molar-refractivity contribution in [3.8, 4) is 0 Å². The Balaban J connectivity index is 2.99. The van der Waals surface area contributed by atoms with Crippen molar-refractivity contribution in [2.45, 2.75) is 32.7 Å². The zero-order chi connectivity index (χ0) is 7.11. The highest BCUT2D eigenvalue weighted by molar-refractivity contribution is 6.46. The van der Waals surface area contributed by atoms with E-state index >= 15 is 0 Å². The standard InChI is InChI=1S/C8H17Si/c1-4-6-9-7-5-8(2)3/h6,8-9H,1,4-5,7H2,2-3H3. The van der Waals surface area contributed by atoms with Crippen LogP contribution in [0.5, 0.6) is 0 Å². The molecule has 0 aromatic carbocycles. The first-order chi connectivity index (χ1) is 4.27. The Labute approximate surface area is 61.1 Å². The van der Waals surface area contributed by atoms with Crippen LogP contribution in [0, 0.1) is 12.8 Å². The van der Waals surface area contributed by atoms with Gasteiger partial charge in [0.15, 0.2) is 0 Å². The van der Waals surface area contributed by atoms with Gasteiger partial charge in [0.25, 0.3) is 0 Å². The fourth-order valence-electron chi connectivity index (χ4n) is 0.665. The van der Waals surface area contributed by atoms with E-state index in [1.165, 1.54) is 12.5 Å². The van der Waals surface area contributed by atoms with Gasteiger partial charge >= 0.3 is 0 Å². The maximum absolute atomic E-state index is 3.77. The lowest BCUT2D eigenvalue weighted by Crippen LogP contribution is -1.89. The minimum Gasteiger partial charge on any atom is -0.106 e. The Morgan fingerprint density at radius 1 is 1.56 bits per heavy atom. The van der Waals surface area contributed by atoms with Gasteiger partial charge in [-0.1, -0.05) is 20.3 Å². The first-order valence-electron chi connectivity index (χ1n) is 3.71. The molecular formula is C8H17Si. The summed E-state index contributed by atoms with van der Waals surface area (Å²) in [6.07, 6.45) is 2.42. The summed E-state index contributed by atoms with van der Waals surface area (Å²) in [6, 6.07) is 1.42. The second-order valence-corrected chi connectivity index (χ2v) is 4.25. The summed E-state index contributed by atoms with van der Waals surface area (Å²) in [7, 11) is 0.609. The molecule has 0 atom stereocenters. The van der Waals surface area contributed by atoms with Crippen LogP contribution >= 0.6 is 0 Å². The minimum absolute atomic E-state index is 0.609. The molecule has 0 saturated carbocycles. The second-order valence-electron chi connectivity index (χ2n) is 2.73. The van der Waals surface area contributed by atoms with Crippen LogP contribution in [0.15, 0.2) is 0 Å². The first kappa shape index (κ1) is 9.09. The third-order valence-electron chi connectivity index (χ3n) is 1.24. The SMILES string of the molecule is [CH2]CC=[SiH]CCC(C)C. The van der Waals surface area contributed by atoms with E-state index in [2.05, 4.69) is 26.4 Å². The van der Waals surface area contributed by atoms with E-state index < -0.39 is 0 Å². The molecule has 0 unspecified atom stereocenters. The largest absolute Gasteiger partial charge is 0.106 e. The fourth-order valence-corrected chi connectivity index (χ4v) is 2.00. The molecule has 0 saturated heterocycles. The fraction of sp³-hybridized carbons (Fsp3) is 0.750. The highest BCUT2D eigenvalue weighted by Crippen LogP contribution is 2.00. The molecule has 0 aliphatic heterocycles. The summed E-state index contributed by atoms with van der Waals surface area (Å²) in [5, 5.41) is 0. The summed E-state index contributed by atoms with van der Waals surface area (Å²) < 4.78 is 0. The molecule has 0 nitrogen and oxygen atoms in total. The van der Waals surface area contributed by atoms with Gasteiger partial charge in [-0.3, -0.25) is 0 Å². The van der Waals surface area contributed by atoms with E-state index in [0.29, 0.717) is 9.13 Å². The molecule has 9 heavy (non-hydrogen) atoms. The Hall–Kier alpha value is 0.0869. The average Bonchev–Trinajstić information content (AvgIpc) is 1.80. The molecule has 0 aliphatic rings. The van der Waals surface area contributed by atoms with Gasteiger partial charge in [0, 0.05) is 0 Å². The molecule has 1 heteroatoms. The van der Waals surface area contributed by atoms with E-state index in [4.69, 9.17) is 0 Å². The molecule has 0 aromatic heterocycles. The summed E-state index contributed by atoms with van der Waals surface area (Å²) in [5.41, 5.74) is 2.34. The molecule has 0 N–H and O–H groups in total. The quantitative estimate of drug-likeness (QED) is 0.525. The molecule has 0 amide bonds. The molecule has 0 fully saturated rings. The second kappa shape index (κ2) is 6.21. The van der Waals surface area contributed by atoms with Crippen LogP contribution in [-0.4, -0.2) is 14.8 Å². The van der Waals surface area contributed by atoms with Crippen molar-refractivity contribution < 1.29 is 0 Å². The summed E-state index contributed by atoms with van der Waals surface area (Å²) in [4.78, 5) is 0. The van der Waals surface area contributed by atoms with Gasteiger partial charge in [0.2, 0.25) is 0 Å². The van der Waals surface area contributed by atoms with Crippen LogP contribution in [-0.2, 0) is 0 Å². The van der Waals surface area contributed by atoms with Gasteiger partial charge in [-0.2, -0.15) is 0 Å². The molecule has 0 rings (SSSR count). The molecule has 0 spiro atoms. The maximum atomic E-state index is 3.77. The third-order valence-corrected chi connectivity index (χ3v) is 2.58. The van der Waals surface area contributed by atoms with E-state index in [1.807, 2.05) is 0 Å². The summed E-state index contributed by atoms with van der Waals surface area (Å²) in [6.45, 7) is 8.33. The van der Waals surface area contributed by atoms with E-state index in [-0.39, 0.29) is 0 Å². The van der Waals surface area contributed by atoms with E-state index in [9.17, 15) is 0 Å². The van der Waals surface area contributed by atoms with Crippen LogP contribution in [0.4, 0.5) is 0 Å². The molecule has 0 heterocycles. The van der Waals surface area contributed by atoms with Crippen LogP contribution in [0.25, 0.3) is 0 Å². The Morgan fingerprint density at radius 2 is 2.22 bits per heavy atom.